The third-order valence-electron chi connectivity index (χ3n) is 2.80. The Balaban J connectivity index is 1.78. The monoisotopic (exact) mass is 344 g/mol. The van der Waals surface area contributed by atoms with Crippen molar-refractivity contribution in [2.75, 3.05) is 11.9 Å². The lowest BCUT2D eigenvalue weighted by molar-refractivity contribution is -0.123. The number of ether oxygens (including phenoxy) is 1. The third kappa shape index (κ3) is 4.93. The first kappa shape index (κ1) is 17.2. The number of nitrogens with zero attached hydrogens (tertiary/aromatic N) is 1. The average Bonchev–Trinajstić information content (AvgIpc) is 2.60. The van der Waals surface area contributed by atoms with Gasteiger partial charge >= 0.3 is 0 Å². The van der Waals surface area contributed by atoms with Crippen LogP contribution in [0.2, 0.25) is 0 Å². The number of nitrogens with one attached hydrogen (secondary N) is 3. The number of rotatable bonds is 4. The summed E-state index contributed by atoms with van der Waals surface area (Å²) in [6.07, 6.45) is 0. The van der Waals surface area contributed by atoms with Crippen molar-refractivity contribution in [3.8, 4) is 11.8 Å². The molecule has 1 amide bonds. The van der Waals surface area contributed by atoms with Crippen LogP contribution < -0.4 is 20.9 Å². The number of carbonyl (C=O) groups is 1. The molecule has 0 aliphatic heterocycles. The van der Waals surface area contributed by atoms with Gasteiger partial charge in [0.25, 0.3) is 5.91 Å². The molecule has 0 unspecified atom stereocenters. The summed E-state index contributed by atoms with van der Waals surface area (Å²) < 4.78 is 18.7. The van der Waals surface area contributed by atoms with Crippen molar-refractivity contribution in [2.45, 2.75) is 0 Å². The van der Waals surface area contributed by atoms with Crippen LogP contribution in [0.4, 0.5) is 10.1 Å². The number of halogens is 1. The predicted octanol–water partition coefficient (Wildman–Crippen LogP) is 2.09. The maximum Gasteiger partial charge on any atom is 0.276 e. The highest BCUT2D eigenvalue weighted by atomic mass is 32.1. The Hall–Kier alpha value is -3.18. The minimum absolute atomic E-state index is 0.0193. The van der Waals surface area contributed by atoms with E-state index in [2.05, 4.69) is 16.2 Å². The summed E-state index contributed by atoms with van der Waals surface area (Å²) in [5.41, 5.74) is 5.25. The van der Waals surface area contributed by atoms with Crippen molar-refractivity contribution in [1.82, 2.24) is 10.9 Å². The van der Waals surface area contributed by atoms with Gasteiger partial charge in [0, 0.05) is 0 Å². The van der Waals surface area contributed by atoms with Gasteiger partial charge in [0.15, 0.2) is 11.7 Å². The molecule has 3 N–H and O–H groups in total. The minimum Gasteiger partial charge on any atom is -0.482 e. The molecular formula is C16H13FN4O2S. The molecule has 0 bridgehead atoms. The molecule has 8 heteroatoms. The van der Waals surface area contributed by atoms with Crippen LogP contribution in [0.3, 0.4) is 0 Å². The number of carbonyl (C=O) groups excluding carboxylic acids is 1. The molecule has 0 radical (unpaired) electrons. The van der Waals surface area contributed by atoms with Gasteiger partial charge in [-0.25, -0.2) is 4.39 Å². The lowest BCUT2D eigenvalue weighted by Gasteiger charge is -2.12. The van der Waals surface area contributed by atoms with E-state index in [1.54, 1.807) is 36.4 Å². The van der Waals surface area contributed by atoms with Crippen LogP contribution in [0.5, 0.6) is 5.75 Å². The first-order valence-corrected chi connectivity index (χ1v) is 7.23. The number of amides is 1. The van der Waals surface area contributed by atoms with Crippen molar-refractivity contribution in [3.05, 3.63) is 59.9 Å². The molecular weight excluding hydrogens is 331 g/mol. The zero-order valence-electron chi connectivity index (χ0n) is 12.4. The van der Waals surface area contributed by atoms with E-state index in [-0.39, 0.29) is 17.4 Å². The fraction of sp³-hybridized carbons (Fsp3) is 0.0625. The van der Waals surface area contributed by atoms with Gasteiger partial charge in [-0.1, -0.05) is 24.3 Å². The van der Waals surface area contributed by atoms with E-state index in [4.69, 9.17) is 22.2 Å². The van der Waals surface area contributed by atoms with Crippen molar-refractivity contribution in [3.63, 3.8) is 0 Å². The first-order valence-electron chi connectivity index (χ1n) is 6.82. The van der Waals surface area contributed by atoms with Crippen molar-refractivity contribution in [1.29, 1.82) is 5.26 Å². The van der Waals surface area contributed by atoms with Crippen LogP contribution in [-0.2, 0) is 4.79 Å². The molecule has 0 saturated heterocycles. The Bertz CT molecular complexity index is 792. The highest BCUT2D eigenvalue weighted by molar-refractivity contribution is 7.80. The van der Waals surface area contributed by atoms with Gasteiger partial charge in [0.1, 0.15) is 17.6 Å². The van der Waals surface area contributed by atoms with Crippen molar-refractivity contribution >= 4 is 28.9 Å². The molecule has 122 valence electrons. The maximum atomic E-state index is 13.4. The lowest BCUT2D eigenvalue weighted by atomic mass is 10.2. The van der Waals surface area contributed by atoms with Gasteiger partial charge in [-0.15, -0.1) is 0 Å². The van der Waals surface area contributed by atoms with Crippen molar-refractivity contribution < 1.29 is 13.9 Å². The minimum atomic E-state index is -0.513. The summed E-state index contributed by atoms with van der Waals surface area (Å²) >= 11 is 4.94. The fourth-order valence-electron chi connectivity index (χ4n) is 1.71. The van der Waals surface area contributed by atoms with Crippen LogP contribution in [0, 0.1) is 17.1 Å². The molecule has 2 aromatic rings. The van der Waals surface area contributed by atoms with Crippen LogP contribution in [-0.4, -0.2) is 17.6 Å². The number of hydrazine groups is 1. The van der Waals surface area contributed by atoms with E-state index in [0.717, 1.165) is 0 Å². The standard InChI is InChI=1S/C16H13FN4O2S/c17-12-6-2-3-7-13(12)19-16(24)21-20-15(22)10-23-14-8-4-1-5-11(14)9-18/h1-8H,10H2,(H,20,22)(H2,19,21,24). The van der Waals surface area contributed by atoms with E-state index in [1.807, 2.05) is 6.07 Å². The average molecular weight is 344 g/mol. The van der Waals surface area contributed by atoms with E-state index < -0.39 is 11.7 Å². The second kappa shape index (κ2) is 8.45. The largest absolute Gasteiger partial charge is 0.482 e. The van der Waals surface area contributed by atoms with E-state index in [1.165, 1.54) is 12.1 Å². The Labute approximate surface area is 143 Å². The predicted molar refractivity (Wildman–Crippen MR) is 90.6 cm³/mol. The summed E-state index contributed by atoms with van der Waals surface area (Å²) in [5.74, 6) is -0.674. The van der Waals surface area contributed by atoms with Crippen LogP contribution in [0.25, 0.3) is 0 Å². The molecule has 24 heavy (non-hydrogen) atoms. The van der Waals surface area contributed by atoms with Gasteiger partial charge in [-0.3, -0.25) is 15.6 Å². The Kier molecular flexibility index (Phi) is 6.05. The maximum absolute atomic E-state index is 13.4. The Morgan fingerprint density at radius 3 is 2.62 bits per heavy atom. The second-order valence-electron chi connectivity index (χ2n) is 4.50. The number of hydrogen-bond donors (Lipinski definition) is 3. The third-order valence-corrected chi connectivity index (χ3v) is 3.01. The second-order valence-corrected chi connectivity index (χ2v) is 4.91. The molecule has 2 aromatic carbocycles. The van der Waals surface area contributed by atoms with Crippen LogP contribution in [0.15, 0.2) is 48.5 Å². The molecule has 0 saturated carbocycles. The SMILES string of the molecule is N#Cc1ccccc1OCC(=O)NNC(=S)Nc1ccccc1F. The highest BCUT2D eigenvalue weighted by Crippen LogP contribution is 2.16. The number of para-hydroxylation sites is 2. The molecule has 0 aromatic heterocycles. The van der Waals surface area contributed by atoms with Gasteiger partial charge in [0.05, 0.1) is 11.3 Å². The zero-order valence-corrected chi connectivity index (χ0v) is 13.2. The van der Waals surface area contributed by atoms with Gasteiger partial charge in [-0.2, -0.15) is 5.26 Å². The molecule has 0 fully saturated rings. The Morgan fingerprint density at radius 1 is 1.17 bits per heavy atom. The fourth-order valence-corrected chi connectivity index (χ4v) is 1.87. The number of thiocarbonyl (C=S) groups is 1. The summed E-state index contributed by atoms with van der Waals surface area (Å²) in [7, 11) is 0. The molecule has 0 aliphatic rings. The quantitative estimate of drug-likeness (QED) is 0.582. The van der Waals surface area contributed by atoms with E-state index >= 15 is 0 Å². The van der Waals surface area contributed by atoms with E-state index in [9.17, 15) is 9.18 Å². The molecule has 6 nitrogen and oxygen atoms in total. The highest BCUT2D eigenvalue weighted by Gasteiger charge is 2.07. The summed E-state index contributed by atoms with van der Waals surface area (Å²) in [6.45, 7) is -0.312. The molecule has 0 heterocycles. The summed E-state index contributed by atoms with van der Waals surface area (Å²) in [6, 6.07) is 14.5. The van der Waals surface area contributed by atoms with Crippen LogP contribution in [0.1, 0.15) is 5.56 Å². The van der Waals surface area contributed by atoms with Gasteiger partial charge < -0.3 is 10.1 Å². The molecule has 0 aliphatic carbocycles. The Morgan fingerprint density at radius 2 is 1.88 bits per heavy atom. The van der Waals surface area contributed by atoms with Crippen molar-refractivity contribution in [2.24, 2.45) is 0 Å². The number of hydrogen-bond acceptors (Lipinski definition) is 4. The number of benzene rings is 2. The normalized spacial score (nSPS) is 9.50. The van der Waals surface area contributed by atoms with Gasteiger partial charge in [0.2, 0.25) is 0 Å². The zero-order chi connectivity index (χ0) is 17.4. The smallest absolute Gasteiger partial charge is 0.276 e. The number of anilines is 1. The van der Waals surface area contributed by atoms with E-state index in [0.29, 0.717) is 11.3 Å². The molecule has 0 atom stereocenters. The molecule has 0 spiro atoms. The summed E-state index contributed by atoms with van der Waals surface area (Å²) in [4.78, 5) is 11.7. The van der Waals surface area contributed by atoms with Crippen LogP contribution >= 0.6 is 12.2 Å². The number of nitriles is 1. The molecule has 2 rings (SSSR count). The summed E-state index contributed by atoms with van der Waals surface area (Å²) in [5, 5.41) is 11.5. The van der Waals surface area contributed by atoms with Gasteiger partial charge in [-0.05, 0) is 36.5 Å². The topological polar surface area (TPSA) is 86.2 Å². The first-order chi connectivity index (χ1) is 11.6. The lowest BCUT2D eigenvalue weighted by Crippen LogP contribution is -2.45.